The summed E-state index contributed by atoms with van der Waals surface area (Å²) in [5.74, 6) is -0.265. The van der Waals surface area contributed by atoms with Gasteiger partial charge in [-0.25, -0.2) is 0 Å². The van der Waals surface area contributed by atoms with E-state index in [9.17, 15) is 4.79 Å². The third-order valence-corrected chi connectivity index (χ3v) is 3.93. The fourth-order valence-electron chi connectivity index (χ4n) is 2.16. The molecule has 1 fully saturated rings. The number of rotatable bonds is 5. The highest BCUT2D eigenvalue weighted by atomic mass is 35.5. The number of amides is 1. The van der Waals surface area contributed by atoms with Crippen molar-refractivity contribution in [2.24, 2.45) is 0 Å². The fraction of sp³-hybridized carbons (Fsp3) is 0.467. The monoisotopic (exact) mass is 356 g/mol. The smallest absolute Gasteiger partial charge is 0.269 e. The van der Waals surface area contributed by atoms with E-state index in [1.165, 1.54) is 0 Å². The van der Waals surface area contributed by atoms with Crippen molar-refractivity contribution in [3.8, 4) is 0 Å². The highest BCUT2D eigenvalue weighted by Crippen LogP contribution is 2.08. The van der Waals surface area contributed by atoms with E-state index in [0.29, 0.717) is 15.7 Å². The summed E-state index contributed by atoms with van der Waals surface area (Å²) in [6, 6.07) is 6.63. The first kappa shape index (κ1) is 17.9. The van der Waals surface area contributed by atoms with Crippen molar-refractivity contribution in [1.82, 2.24) is 21.1 Å². The van der Waals surface area contributed by atoms with Crippen LogP contribution in [0.15, 0.2) is 24.3 Å². The average molecular weight is 357 g/mol. The van der Waals surface area contributed by atoms with Crippen LogP contribution in [0, 0.1) is 0 Å². The van der Waals surface area contributed by atoms with Gasteiger partial charge in [-0.2, -0.15) is 0 Å². The first-order valence-corrected chi connectivity index (χ1v) is 8.33. The predicted molar refractivity (Wildman–Crippen MR) is 94.5 cm³/mol. The van der Waals surface area contributed by atoms with Gasteiger partial charge in [0.25, 0.3) is 5.91 Å². The van der Waals surface area contributed by atoms with Gasteiger partial charge in [0.15, 0.2) is 5.11 Å². The summed E-state index contributed by atoms with van der Waals surface area (Å²) < 4.78 is 5.31. The Hall–Kier alpha value is -1.41. The summed E-state index contributed by atoms with van der Waals surface area (Å²) in [4.78, 5) is 14.2. The Morgan fingerprint density at radius 1 is 1.22 bits per heavy atom. The van der Waals surface area contributed by atoms with Crippen LogP contribution in [0.3, 0.4) is 0 Å². The van der Waals surface area contributed by atoms with Gasteiger partial charge in [-0.3, -0.25) is 20.5 Å². The Kier molecular flexibility index (Phi) is 7.54. The van der Waals surface area contributed by atoms with Gasteiger partial charge in [0.05, 0.1) is 13.2 Å². The maximum atomic E-state index is 11.9. The lowest BCUT2D eigenvalue weighted by Crippen LogP contribution is -2.47. The van der Waals surface area contributed by atoms with Crippen LogP contribution < -0.4 is 16.2 Å². The normalized spacial score (nSPS) is 15.0. The molecule has 0 bridgehead atoms. The molecule has 0 aliphatic carbocycles. The van der Waals surface area contributed by atoms with Crippen LogP contribution in [0.1, 0.15) is 16.8 Å². The molecule has 1 aliphatic heterocycles. The van der Waals surface area contributed by atoms with Crippen LogP contribution in [-0.2, 0) is 4.74 Å². The van der Waals surface area contributed by atoms with Crippen molar-refractivity contribution in [2.45, 2.75) is 6.42 Å². The van der Waals surface area contributed by atoms with Crippen LogP contribution in [0.2, 0.25) is 5.02 Å². The van der Waals surface area contributed by atoms with E-state index in [1.807, 2.05) is 0 Å². The van der Waals surface area contributed by atoms with Gasteiger partial charge in [-0.15, -0.1) is 0 Å². The molecule has 2 rings (SSSR count). The lowest BCUT2D eigenvalue weighted by molar-refractivity contribution is 0.0376. The minimum Gasteiger partial charge on any atom is -0.379 e. The minimum atomic E-state index is -0.265. The number of carbonyl (C=O) groups excluding carboxylic acids is 1. The van der Waals surface area contributed by atoms with Gasteiger partial charge in [0, 0.05) is 30.2 Å². The van der Waals surface area contributed by atoms with Crippen molar-refractivity contribution in [1.29, 1.82) is 0 Å². The summed E-state index contributed by atoms with van der Waals surface area (Å²) >= 11 is 10.9. The first-order chi connectivity index (χ1) is 11.1. The number of hydrazine groups is 1. The second-order valence-electron chi connectivity index (χ2n) is 5.15. The highest BCUT2D eigenvalue weighted by molar-refractivity contribution is 7.80. The molecule has 1 aromatic rings. The molecule has 1 heterocycles. The maximum Gasteiger partial charge on any atom is 0.269 e. The van der Waals surface area contributed by atoms with Crippen molar-refractivity contribution in [2.75, 3.05) is 39.4 Å². The van der Waals surface area contributed by atoms with Crippen molar-refractivity contribution < 1.29 is 9.53 Å². The molecule has 1 saturated heterocycles. The molecule has 0 spiro atoms. The Balaban J connectivity index is 1.57. The van der Waals surface area contributed by atoms with Gasteiger partial charge in [0.2, 0.25) is 0 Å². The van der Waals surface area contributed by atoms with E-state index < -0.39 is 0 Å². The van der Waals surface area contributed by atoms with Crippen molar-refractivity contribution >= 4 is 34.8 Å². The van der Waals surface area contributed by atoms with E-state index in [2.05, 4.69) is 21.1 Å². The zero-order valence-corrected chi connectivity index (χ0v) is 14.4. The molecule has 1 amide bonds. The molecule has 8 heteroatoms. The molecule has 1 aromatic carbocycles. The zero-order chi connectivity index (χ0) is 16.5. The van der Waals surface area contributed by atoms with E-state index >= 15 is 0 Å². The SMILES string of the molecule is O=C(NNC(=S)NCCCN1CCOCC1)c1ccc(Cl)cc1. The number of nitrogens with one attached hydrogen (secondary N) is 3. The molecule has 0 aromatic heterocycles. The molecule has 0 saturated carbocycles. The fourth-order valence-corrected chi connectivity index (χ4v) is 2.44. The third kappa shape index (κ3) is 6.70. The van der Waals surface area contributed by atoms with E-state index in [4.69, 9.17) is 28.6 Å². The Labute approximate surface area is 146 Å². The molecule has 23 heavy (non-hydrogen) atoms. The van der Waals surface area contributed by atoms with Crippen LogP contribution in [-0.4, -0.2) is 55.3 Å². The summed E-state index contributed by atoms with van der Waals surface area (Å²) in [6.45, 7) is 5.35. The van der Waals surface area contributed by atoms with E-state index in [1.54, 1.807) is 24.3 Å². The van der Waals surface area contributed by atoms with Crippen molar-refractivity contribution in [3.63, 3.8) is 0 Å². The Morgan fingerprint density at radius 3 is 2.61 bits per heavy atom. The minimum absolute atomic E-state index is 0.265. The zero-order valence-electron chi connectivity index (χ0n) is 12.8. The van der Waals surface area contributed by atoms with Gasteiger partial charge >= 0.3 is 0 Å². The Morgan fingerprint density at radius 2 is 1.91 bits per heavy atom. The number of hydrogen-bond acceptors (Lipinski definition) is 4. The summed E-state index contributed by atoms with van der Waals surface area (Å²) in [5.41, 5.74) is 5.75. The second kappa shape index (κ2) is 9.67. The largest absolute Gasteiger partial charge is 0.379 e. The van der Waals surface area contributed by atoms with Crippen LogP contribution in [0.4, 0.5) is 0 Å². The average Bonchev–Trinajstić information content (AvgIpc) is 2.58. The number of ether oxygens (including phenoxy) is 1. The number of halogens is 1. The van der Waals surface area contributed by atoms with Crippen LogP contribution in [0.25, 0.3) is 0 Å². The second-order valence-corrected chi connectivity index (χ2v) is 5.99. The topological polar surface area (TPSA) is 65.6 Å². The number of nitrogens with zero attached hydrogens (tertiary/aromatic N) is 1. The lowest BCUT2D eigenvalue weighted by Gasteiger charge is -2.26. The Bertz CT molecular complexity index is 521. The predicted octanol–water partition coefficient (Wildman–Crippen LogP) is 1.17. The van der Waals surface area contributed by atoms with E-state index in [-0.39, 0.29) is 5.91 Å². The maximum absolute atomic E-state index is 11.9. The number of benzene rings is 1. The quantitative estimate of drug-likeness (QED) is 0.418. The van der Waals surface area contributed by atoms with Gasteiger partial charge in [-0.1, -0.05) is 11.6 Å². The molecule has 0 unspecified atom stereocenters. The molecule has 0 radical (unpaired) electrons. The van der Waals surface area contributed by atoms with Gasteiger partial charge < -0.3 is 10.1 Å². The van der Waals surface area contributed by atoms with Gasteiger partial charge in [0.1, 0.15) is 0 Å². The van der Waals surface area contributed by atoms with Crippen LogP contribution >= 0.6 is 23.8 Å². The molecule has 6 nitrogen and oxygen atoms in total. The number of hydrogen-bond donors (Lipinski definition) is 3. The summed E-state index contributed by atoms with van der Waals surface area (Å²) in [7, 11) is 0. The van der Waals surface area contributed by atoms with E-state index in [0.717, 1.165) is 45.8 Å². The first-order valence-electron chi connectivity index (χ1n) is 7.55. The summed E-state index contributed by atoms with van der Waals surface area (Å²) in [5, 5.41) is 4.05. The highest BCUT2D eigenvalue weighted by Gasteiger charge is 2.09. The lowest BCUT2D eigenvalue weighted by atomic mass is 10.2. The standard InChI is InChI=1S/C15H21ClN4O2S/c16-13-4-2-12(3-5-13)14(21)18-19-15(23)17-6-1-7-20-8-10-22-11-9-20/h2-5H,1,6-11H2,(H,18,21)(H2,17,19,23). The summed E-state index contributed by atoms with van der Waals surface area (Å²) in [6.07, 6.45) is 0.979. The van der Waals surface area contributed by atoms with Crippen molar-refractivity contribution in [3.05, 3.63) is 34.9 Å². The van der Waals surface area contributed by atoms with Crippen LogP contribution in [0.5, 0.6) is 0 Å². The molecule has 0 atom stereocenters. The molecule has 1 aliphatic rings. The molecule has 3 N–H and O–H groups in total. The molecular formula is C15H21ClN4O2S. The number of thiocarbonyl (C=S) groups is 1. The number of carbonyl (C=O) groups is 1. The van der Waals surface area contributed by atoms with Gasteiger partial charge in [-0.05, 0) is 49.4 Å². The number of morpholine rings is 1. The molecule has 126 valence electrons. The molecular weight excluding hydrogens is 336 g/mol. The third-order valence-electron chi connectivity index (χ3n) is 3.44.